The maximum absolute atomic E-state index is 12.9. The molecule has 3 heterocycles. The lowest BCUT2D eigenvalue weighted by molar-refractivity contribution is 0.0746. The largest absolute Gasteiger partial charge is 0.368 e. The molecule has 0 atom stereocenters. The minimum Gasteiger partial charge on any atom is -0.368 e. The minimum atomic E-state index is 0.0352. The summed E-state index contributed by atoms with van der Waals surface area (Å²) in [5.74, 6) is 0.788. The third-order valence-electron chi connectivity index (χ3n) is 6.26. The number of carbonyl (C=O) groups is 1. The van der Waals surface area contributed by atoms with Gasteiger partial charge in [-0.2, -0.15) is 0 Å². The highest BCUT2D eigenvalue weighted by molar-refractivity contribution is 5.93. The lowest BCUT2D eigenvalue weighted by Crippen LogP contribution is -2.49. The van der Waals surface area contributed by atoms with Crippen molar-refractivity contribution < 1.29 is 4.79 Å². The van der Waals surface area contributed by atoms with Crippen LogP contribution in [0.15, 0.2) is 30.6 Å². The van der Waals surface area contributed by atoms with Gasteiger partial charge in [-0.05, 0) is 43.9 Å². The van der Waals surface area contributed by atoms with E-state index >= 15 is 0 Å². The third-order valence-corrected chi connectivity index (χ3v) is 6.26. The molecule has 0 aliphatic carbocycles. The summed E-state index contributed by atoms with van der Waals surface area (Å²) in [5, 5.41) is 0. The summed E-state index contributed by atoms with van der Waals surface area (Å²) in [6.45, 7) is 9.48. The van der Waals surface area contributed by atoms with Gasteiger partial charge in [0.1, 0.15) is 0 Å². The number of amides is 1. The summed E-state index contributed by atoms with van der Waals surface area (Å²) in [6, 6.07) is 6.43. The summed E-state index contributed by atoms with van der Waals surface area (Å²) >= 11 is 0. The normalized spacial score (nSPS) is 17.9. The molecule has 2 aromatic rings. The van der Waals surface area contributed by atoms with Crippen LogP contribution in [0.5, 0.6) is 0 Å². The second-order valence-electron chi connectivity index (χ2n) is 8.17. The predicted molar refractivity (Wildman–Crippen MR) is 117 cm³/mol. The molecule has 154 valence electrons. The summed E-state index contributed by atoms with van der Waals surface area (Å²) in [5.41, 5.74) is 4.50. The zero-order valence-electron chi connectivity index (χ0n) is 17.6. The maximum Gasteiger partial charge on any atom is 0.257 e. The van der Waals surface area contributed by atoms with Crippen LogP contribution in [0.1, 0.15) is 47.2 Å². The van der Waals surface area contributed by atoms with Gasteiger partial charge in [0, 0.05) is 57.3 Å². The average molecular weight is 394 g/mol. The number of aryl methyl sites for hydroxylation is 1. The van der Waals surface area contributed by atoms with Gasteiger partial charge in [-0.15, -0.1) is 0 Å². The van der Waals surface area contributed by atoms with E-state index in [0.29, 0.717) is 5.56 Å². The number of hydrogen-bond donors (Lipinski definition) is 0. The van der Waals surface area contributed by atoms with Gasteiger partial charge in [-0.3, -0.25) is 4.79 Å². The molecule has 6 nitrogen and oxygen atoms in total. The van der Waals surface area contributed by atoms with Gasteiger partial charge < -0.3 is 14.7 Å². The smallest absolute Gasteiger partial charge is 0.257 e. The molecule has 0 bridgehead atoms. The lowest BCUT2D eigenvalue weighted by Gasteiger charge is -2.37. The average Bonchev–Trinajstić information content (AvgIpc) is 3.05. The van der Waals surface area contributed by atoms with Crippen LogP contribution < -0.4 is 9.80 Å². The Labute approximate surface area is 173 Å². The Balaban J connectivity index is 1.37. The van der Waals surface area contributed by atoms with Gasteiger partial charge in [0.2, 0.25) is 5.95 Å². The summed E-state index contributed by atoms with van der Waals surface area (Å²) in [4.78, 5) is 28.5. The number of aromatic nitrogens is 2. The Morgan fingerprint density at radius 3 is 2.14 bits per heavy atom. The van der Waals surface area contributed by atoms with Crippen molar-refractivity contribution >= 4 is 17.5 Å². The fourth-order valence-corrected chi connectivity index (χ4v) is 4.28. The van der Waals surface area contributed by atoms with Gasteiger partial charge in [0.15, 0.2) is 0 Å². The molecule has 0 N–H and O–H groups in total. The number of anilines is 2. The number of nitrogens with zero attached hydrogens (tertiary/aromatic N) is 5. The van der Waals surface area contributed by atoms with Crippen molar-refractivity contribution in [1.29, 1.82) is 0 Å². The molecule has 2 fully saturated rings. The van der Waals surface area contributed by atoms with E-state index in [1.165, 1.54) is 42.5 Å². The lowest BCUT2D eigenvalue weighted by atomic mass is 10.1. The third kappa shape index (κ3) is 4.36. The quantitative estimate of drug-likeness (QED) is 0.800. The molecule has 0 spiro atoms. The van der Waals surface area contributed by atoms with Crippen molar-refractivity contribution in [3.63, 3.8) is 0 Å². The van der Waals surface area contributed by atoms with Gasteiger partial charge >= 0.3 is 0 Å². The van der Waals surface area contributed by atoms with E-state index < -0.39 is 0 Å². The highest BCUT2D eigenvalue weighted by Gasteiger charge is 2.24. The van der Waals surface area contributed by atoms with Crippen LogP contribution in [0.3, 0.4) is 0 Å². The Morgan fingerprint density at radius 1 is 0.828 bits per heavy atom. The Morgan fingerprint density at radius 2 is 1.48 bits per heavy atom. The first-order valence-corrected chi connectivity index (χ1v) is 10.8. The first kappa shape index (κ1) is 19.7. The molecular weight excluding hydrogens is 362 g/mol. The zero-order chi connectivity index (χ0) is 20.2. The van der Waals surface area contributed by atoms with E-state index in [2.05, 4.69) is 51.8 Å². The summed E-state index contributed by atoms with van der Waals surface area (Å²) in [7, 11) is 0. The fourth-order valence-electron chi connectivity index (χ4n) is 4.28. The van der Waals surface area contributed by atoms with Crippen LogP contribution in [-0.2, 0) is 0 Å². The molecule has 0 radical (unpaired) electrons. The second-order valence-corrected chi connectivity index (χ2v) is 8.17. The van der Waals surface area contributed by atoms with Crippen molar-refractivity contribution in [2.24, 2.45) is 0 Å². The molecule has 29 heavy (non-hydrogen) atoms. The SMILES string of the molecule is Cc1cccc(N2CCN(C(=O)c3cnc(N4CCCCCC4)nc3)CC2)c1C. The summed E-state index contributed by atoms with van der Waals surface area (Å²) in [6.07, 6.45) is 8.34. The van der Waals surface area contributed by atoms with E-state index in [1.807, 2.05) is 4.90 Å². The van der Waals surface area contributed by atoms with Crippen molar-refractivity contribution in [1.82, 2.24) is 14.9 Å². The molecule has 1 aromatic heterocycles. The van der Waals surface area contributed by atoms with Crippen molar-refractivity contribution in [3.05, 3.63) is 47.3 Å². The Kier molecular flexibility index (Phi) is 5.97. The molecule has 2 saturated heterocycles. The molecule has 0 unspecified atom stereocenters. The van der Waals surface area contributed by atoms with Crippen LogP contribution in [0, 0.1) is 13.8 Å². The van der Waals surface area contributed by atoms with Crippen molar-refractivity contribution in [2.75, 3.05) is 49.1 Å². The molecular formula is C23H31N5O. The van der Waals surface area contributed by atoms with Crippen LogP contribution >= 0.6 is 0 Å². The Bertz CT molecular complexity index is 835. The van der Waals surface area contributed by atoms with E-state index in [0.717, 1.165) is 45.2 Å². The van der Waals surface area contributed by atoms with Crippen molar-refractivity contribution in [2.45, 2.75) is 39.5 Å². The number of hydrogen-bond acceptors (Lipinski definition) is 5. The minimum absolute atomic E-state index is 0.0352. The molecule has 2 aliphatic rings. The van der Waals surface area contributed by atoms with Crippen molar-refractivity contribution in [3.8, 4) is 0 Å². The van der Waals surface area contributed by atoms with E-state index in [-0.39, 0.29) is 5.91 Å². The standard InChI is InChI=1S/C23H31N5O/c1-18-8-7-9-21(19(18)2)26-12-14-27(15-13-26)22(29)20-16-24-23(25-17-20)28-10-5-3-4-6-11-28/h7-9,16-17H,3-6,10-15H2,1-2H3. The highest BCUT2D eigenvalue weighted by Crippen LogP contribution is 2.24. The molecule has 1 aromatic carbocycles. The van der Waals surface area contributed by atoms with Gasteiger partial charge in [-0.25, -0.2) is 9.97 Å². The highest BCUT2D eigenvalue weighted by atomic mass is 16.2. The molecule has 6 heteroatoms. The first-order valence-electron chi connectivity index (χ1n) is 10.8. The molecule has 1 amide bonds. The number of piperazine rings is 1. The van der Waals surface area contributed by atoms with Crippen LogP contribution in [0.4, 0.5) is 11.6 Å². The van der Waals surface area contributed by atoms with Crippen LogP contribution in [-0.4, -0.2) is 60.0 Å². The zero-order valence-corrected chi connectivity index (χ0v) is 17.6. The second kappa shape index (κ2) is 8.80. The molecule has 2 aliphatic heterocycles. The van der Waals surface area contributed by atoms with E-state index in [4.69, 9.17) is 0 Å². The molecule has 0 saturated carbocycles. The predicted octanol–water partition coefficient (Wildman–Crippen LogP) is 3.44. The van der Waals surface area contributed by atoms with Gasteiger partial charge in [0.05, 0.1) is 5.56 Å². The van der Waals surface area contributed by atoms with Crippen LogP contribution in [0.25, 0.3) is 0 Å². The molecule has 4 rings (SSSR count). The van der Waals surface area contributed by atoms with E-state index in [9.17, 15) is 4.79 Å². The Hall–Kier alpha value is -2.63. The monoisotopic (exact) mass is 393 g/mol. The summed E-state index contributed by atoms with van der Waals surface area (Å²) < 4.78 is 0. The topological polar surface area (TPSA) is 52.6 Å². The van der Waals surface area contributed by atoms with Crippen LogP contribution in [0.2, 0.25) is 0 Å². The first-order chi connectivity index (χ1) is 14.1. The maximum atomic E-state index is 12.9. The fraction of sp³-hybridized carbons (Fsp3) is 0.522. The van der Waals surface area contributed by atoms with Gasteiger partial charge in [-0.1, -0.05) is 25.0 Å². The number of benzene rings is 1. The van der Waals surface area contributed by atoms with Gasteiger partial charge in [0.25, 0.3) is 5.91 Å². The number of carbonyl (C=O) groups excluding carboxylic acids is 1. The van der Waals surface area contributed by atoms with E-state index in [1.54, 1.807) is 12.4 Å². The number of rotatable bonds is 3.